The van der Waals surface area contributed by atoms with Gasteiger partial charge in [-0.1, -0.05) is 42.5 Å². The highest BCUT2D eigenvalue weighted by atomic mass is 19.4. The highest BCUT2D eigenvalue weighted by Gasteiger charge is 2.32. The largest absolute Gasteiger partial charge is 0.476 e. The van der Waals surface area contributed by atoms with Crippen LogP contribution in [0.3, 0.4) is 0 Å². The SMILES string of the molecule is CCOC(=O)C(C)(C)Oc1ccc(CN(Cc2ccccc2F)c2cc(-c3ccc(C(F)(F)F)cc3)nn2C)cc1C. The number of aromatic nitrogens is 2. The molecule has 42 heavy (non-hydrogen) atoms. The van der Waals surface area contributed by atoms with Gasteiger partial charge in [0.2, 0.25) is 0 Å². The molecular weight excluding hydrogens is 550 g/mol. The average Bonchev–Trinajstić information content (AvgIpc) is 3.32. The minimum absolute atomic E-state index is 0.214. The molecule has 0 aliphatic heterocycles. The van der Waals surface area contributed by atoms with Gasteiger partial charge in [-0.15, -0.1) is 0 Å². The highest BCUT2D eigenvalue weighted by molar-refractivity contribution is 5.79. The number of nitrogens with zero attached hydrogens (tertiary/aromatic N) is 3. The third-order valence-corrected chi connectivity index (χ3v) is 6.75. The van der Waals surface area contributed by atoms with Crippen molar-refractivity contribution in [3.63, 3.8) is 0 Å². The van der Waals surface area contributed by atoms with Crippen LogP contribution in [0, 0.1) is 12.7 Å². The van der Waals surface area contributed by atoms with E-state index >= 15 is 0 Å². The van der Waals surface area contributed by atoms with E-state index in [-0.39, 0.29) is 19.0 Å². The van der Waals surface area contributed by atoms with Crippen LogP contribution in [-0.4, -0.2) is 28.0 Å². The molecular formula is C32H33F4N3O3. The maximum atomic E-state index is 14.7. The number of alkyl halides is 3. The number of rotatable bonds is 10. The van der Waals surface area contributed by atoms with Crippen molar-refractivity contribution in [1.82, 2.24) is 9.78 Å². The van der Waals surface area contributed by atoms with Crippen molar-refractivity contribution in [1.29, 1.82) is 0 Å². The third kappa shape index (κ3) is 7.10. The normalized spacial score (nSPS) is 11.8. The third-order valence-electron chi connectivity index (χ3n) is 6.75. The van der Waals surface area contributed by atoms with Crippen LogP contribution in [0.25, 0.3) is 11.3 Å². The van der Waals surface area contributed by atoms with Gasteiger partial charge in [-0.3, -0.25) is 4.68 Å². The van der Waals surface area contributed by atoms with Crippen molar-refractivity contribution in [3.8, 4) is 17.0 Å². The van der Waals surface area contributed by atoms with E-state index in [4.69, 9.17) is 9.47 Å². The molecule has 0 fully saturated rings. The van der Waals surface area contributed by atoms with Gasteiger partial charge < -0.3 is 14.4 Å². The molecule has 0 saturated carbocycles. The Kier molecular flexibility index (Phi) is 8.94. The summed E-state index contributed by atoms with van der Waals surface area (Å²) >= 11 is 0. The number of aryl methyl sites for hydroxylation is 2. The fourth-order valence-corrected chi connectivity index (χ4v) is 4.54. The van der Waals surface area contributed by atoms with Crippen LogP contribution < -0.4 is 9.64 Å². The molecule has 0 unspecified atom stereocenters. The van der Waals surface area contributed by atoms with Crippen LogP contribution in [0.5, 0.6) is 5.75 Å². The van der Waals surface area contributed by atoms with E-state index in [1.54, 1.807) is 62.8 Å². The first-order valence-electron chi connectivity index (χ1n) is 13.4. The van der Waals surface area contributed by atoms with Gasteiger partial charge in [0.15, 0.2) is 5.60 Å². The molecule has 0 radical (unpaired) electrons. The molecule has 0 aliphatic carbocycles. The van der Waals surface area contributed by atoms with Gasteiger partial charge in [0.05, 0.1) is 17.9 Å². The van der Waals surface area contributed by atoms with Crippen LogP contribution >= 0.6 is 0 Å². The van der Waals surface area contributed by atoms with E-state index in [9.17, 15) is 22.4 Å². The van der Waals surface area contributed by atoms with Crippen molar-refractivity contribution in [3.05, 3.63) is 101 Å². The standard InChI is InChI=1S/C32H33F4N3O3/c1-6-41-30(40)31(3,4)42-28-16-11-22(17-21(28)2)19-39(20-24-9-7-8-10-26(24)33)29-18-27(37-38(29)5)23-12-14-25(15-13-23)32(34,35)36/h7-18H,6,19-20H2,1-5H3. The summed E-state index contributed by atoms with van der Waals surface area (Å²) in [7, 11) is 1.73. The summed E-state index contributed by atoms with van der Waals surface area (Å²) in [5.74, 6) is 0.357. The second kappa shape index (κ2) is 12.3. The van der Waals surface area contributed by atoms with Gasteiger partial charge >= 0.3 is 12.1 Å². The number of carbonyl (C=O) groups excluding carboxylic acids is 1. The zero-order valence-electron chi connectivity index (χ0n) is 24.1. The molecule has 0 bridgehead atoms. The monoisotopic (exact) mass is 583 g/mol. The van der Waals surface area contributed by atoms with Crippen molar-refractivity contribution in [2.75, 3.05) is 11.5 Å². The number of esters is 1. The maximum Gasteiger partial charge on any atom is 0.416 e. The fraction of sp³-hybridized carbons (Fsp3) is 0.312. The van der Waals surface area contributed by atoms with Crippen LogP contribution in [0.1, 0.15) is 43.0 Å². The summed E-state index contributed by atoms with van der Waals surface area (Å²) in [6.45, 7) is 7.71. The summed E-state index contributed by atoms with van der Waals surface area (Å²) in [4.78, 5) is 14.2. The lowest BCUT2D eigenvalue weighted by Gasteiger charge is -2.27. The lowest BCUT2D eigenvalue weighted by atomic mass is 10.1. The van der Waals surface area contributed by atoms with Gasteiger partial charge in [-0.05, 0) is 63.1 Å². The Morgan fingerprint density at radius 1 is 0.976 bits per heavy atom. The van der Waals surface area contributed by atoms with E-state index in [1.165, 1.54) is 18.2 Å². The summed E-state index contributed by atoms with van der Waals surface area (Å²) in [6.07, 6.45) is -4.43. The van der Waals surface area contributed by atoms with Gasteiger partial charge in [-0.25, -0.2) is 9.18 Å². The molecule has 222 valence electrons. The number of hydrogen-bond acceptors (Lipinski definition) is 5. The molecule has 0 saturated heterocycles. The Morgan fingerprint density at radius 3 is 2.29 bits per heavy atom. The first-order valence-corrected chi connectivity index (χ1v) is 13.4. The van der Waals surface area contributed by atoms with Crippen LogP contribution in [0.4, 0.5) is 23.4 Å². The molecule has 6 nitrogen and oxygen atoms in total. The molecule has 3 aromatic carbocycles. The van der Waals surface area contributed by atoms with E-state index in [0.29, 0.717) is 34.9 Å². The molecule has 0 spiro atoms. The fourth-order valence-electron chi connectivity index (χ4n) is 4.54. The number of ether oxygens (including phenoxy) is 2. The Hall–Kier alpha value is -4.34. The van der Waals surface area contributed by atoms with Gasteiger partial charge in [-0.2, -0.15) is 18.3 Å². The predicted octanol–water partition coefficient (Wildman–Crippen LogP) is 7.48. The Labute approximate surface area is 242 Å². The van der Waals surface area contributed by atoms with E-state index in [2.05, 4.69) is 5.10 Å². The van der Waals surface area contributed by atoms with E-state index < -0.39 is 23.3 Å². The molecule has 1 aromatic heterocycles. The number of carbonyl (C=O) groups is 1. The van der Waals surface area contributed by atoms with Crippen LogP contribution in [0.2, 0.25) is 0 Å². The van der Waals surface area contributed by atoms with Crippen molar-refractivity contribution in [2.24, 2.45) is 7.05 Å². The molecule has 10 heteroatoms. The minimum atomic E-state index is -4.43. The molecule has 4 rings (SSSR count). The Balaban J connectivity index is 1.64. The Bertz CT molecular complexity index is 1550. The molecule has 4 aromatic rings. The molecule has 0 amide bonds. The van der Waals surface area contributed by atoms with Crippen molar-refractivity contribution >= 4 is 11.8 Å². The van der Waals surface area contributed by atoms with Crippen molar-refractivity contribution in [2.45, 2.75) is 52.6 Å². The highest BCUT2D eigenvalue weighted by Crippen LogP contribution is 2.33. The lowest BCUT2D eigenvalue weighted by molar-refractivity contribution is -0.158. The molecule has 1 heterocycles. The molecule has 0 atom stereocenters. The predicted molar refractivity (Wildman–Crippen MR) is 152 cm³/mol. The zero-order chi connectivity index (χ0) is 30.7. The first-order chi connectivity index (χ1) is 19.8. The average molecular weight is 584 g/mol. The second-order valence-electron chi connectivity index (χ2n) is 10.5. The second-order valence-corrected chi connectivity index (χ2v) is 10.5. The molecule has 0 aliphatic rings. The maximum absolute atomic E-state index is 14.7. The number of halogens is 4. The van der Waals surface area contributed by atoms with Crippen LogP contribution in [0.15, 0.2) is 72.8 Å². The minimum Gasteiger partial charge on any atom is -0.476 e. The quantitative estimate of drug-likeness (QED) is 0.143. The van der Waals surface area contributed by atoms with Crippen LogP contribution in [-0.2, 0) is 35.8 Å². The van der Waals surface area contributed by atoms with E-state index in [1.807, 2.05) is 24.0 Å². The van der Waals surface area contributed by atoms with Gasteiger partial charge in [0, 0.05) is 37.3 Å². The summed E-state index contributed by atoms with van der Waals surface area (Å²) in [5, 5.41) is 4.54. The number of anilines is 1. The number of benzene rings is 3. The van der Waals surface area contributed by atoms with Gasteiger partial charge in [0.1, 0.15) is 17.4 Å². The molecule has 0 N–H and O–H groups in total. The zero-order valence-corrected chi connectivity index (χ0v) is 24.1. The summed E-state index contributed by atoms with van der Waals surface area (Å²) in [6, 6.07) is 18.6. The van der Waals surface area contributed by atoms with E-state index in [0.717, 1.165) is 23.3 Å². The first kappa shape index (κ1) is 30.6. The number of hydrogen-bond donors (Lipinski definition) is 0. The lowest BCUT2D eigenvalue weighted by Crippen LogP contribution is -2.39. The van der Waals surface area contributed by atoms with Gasteiger partial charge in [0.25, 0.3) is 0 Å². The summed E-state index contributed by atoms with van der Waals surface area (Å²) < 4.78 is 66.6. The topological polar surface area (TPSA) is 56.6 Å². The smallest absolute Gasteiger partial charge is 0.416 e. The summed E-state index contributed by atoms with van der Waals surface area (Å²) in [5.41, 5.74) is 1.26. The Morgan fingerprint density at radius 2 is 1.67 bits per heavy atom. The van der Waals surface area contributed by atoms with Crippen molar-refractivity contribution < 1.29 is 31.8 Å².